The number of piperidine rings is 1. The van der Waals surface area contributed by atoms with E-state index >= 15 is 0 Å². The van der Waals surface area contributed by atoms with Crippen molar-refractivity contribution in [2.75, 3.05) is 53.4 Å². The molecule has 0 radical (unpaired) electrons. The average Bonchev–Trinajstić information content (AvgIpc) is 1.83. The molecule has 8 rings (SSSR count). The van der Waals surface area contributed by atoms with E-state index in [-0.39, 0.29) is 55.4 Å². The minimum atomic E-state index is -1.50. The van der Waals surface area contributed by atoms with Crippen molar-refractivity contribution in [2.45, 2.75) is 122 Å². The Morgan fingerprint density at radius 1 is 0.576 bits per heavy atom. The normalized spacial score (nSPS) is 22.4. The van der Waals surface area contributed by atoms with Crippen LogP contribution in [0.3, 0.4) is 0 Å². The van der Waals surface area contributed by atoms with E-state index < -0.39 is 163 Å². The number of rotatable bonds is 17. The fourth-order valence-corrected chi connectivity index (χ4v) is 12.6. The molecular weight excluding hydrogens is 1280 g/mol. The monoisotopic (exact) mass is 1370 g/mol. The number of carbonyl (C=O) groups excluding carboxylic acids is 12. The molecular formula is C70H90N14O15. The van der Waals surface area contributed by atoms with Crippen LogP contribution in [0.2, 0.25) is 0 Å². The number of H-pyrrole nitrogens is 2. The molecule has 5 aromatic rings. The van der Waals surface area contributed by atoms with Crippen molar-refractivity contribution >= 4 is 104 Å². The first-order valence-corrected chi connectivity index (χ1v) is 33.0. The number of carbonyl (C=O) groups is 13. The van der Waals surface area contributed by atoms with Crippen molar-refractivity contribution in [3.8, 4) is 0 Å². The summed E-state index contributed by atoms with van der Waals surface area (Å²) in [6, 6.07) is 13.6. The van der Waals surface area contributed by atoms with Crippen LogP contribution in [0.4, 0.5) is 0 Å². The highest BCUT2D eigenvalue weighted by atomic mass is 16.4. The highest BCUT2D eigenvalue weighted by Gasteiger charge is 2.41. The zero-order valence-electron chi connectivity index (χ0n) is 56.6. The number of aliphatic hydroxyl groups is 1. The van der Waals surface area contributed by atoms with Gasteiger partial charge in [0, 0.05) is 110 Å². The molecule has 10 amide bonds. The number of aliphatic hydroxyl groups excluding tert-OH is 1. The molecule has 0 bridgehead atoms. The highest BCUT2D eigenvalue weighted by molar-refractivity contribution is 6.02. The molecule has 2 aromatic heterocycles. The van der Waals surface area contributed by atoms with E-state index in [0.717, 1.165) is 32.9 Å². The van der Waals surface area contributed by atoms with Crippen LogP contribution in [-0.2, 0) is 70.4 Å². The number of carboxylic acids is 1. The Kier molecular flexibility index (Phi) is 26.9. The Balaban J connectivity index is 0.000000279. The second-order valence-electron chi connectivity index (χ2n) is 26.0. The Bertz CT molecular complexity index is 3850. The van der Waals surface area contributed by atoms with E-state index in [1.165, 1.54) is 36.0 Å². The molecule has 29 nitrogen and oxygen atoms in total. The van der Waals surface area contributed by atoms with Crippen molar-refractivity contribution in [3.05, 3.63) is 120 Å². The van der Waals surface area contributed by atoms with E-state index in [4.69, 9.17) is 5.41 Å². The van der Waals surface area contributed by atoms with Crippen molar-refractivity contribution < 1.29 is 72.5 Å². The smallest absolute Gasteiger partial charge is 0.305 e. The van der Waals surface area contributed by atoms with Gasteiger partial charge >= 0.3 is 5.97 Å². The molecule has 8 atom stereocenters. The number of likely N-dealkylation sites (N-methyl/N-ethyl adjacent to an activating group) is 2. The summed E-state index contributed by atoms with van der Waals surface area (Å²) in [5.41, 5.74) is 4.35. The van der Waals surface area contributed by atoms with E-state index in [0.29, 0.717) is 37.2 Å². The molecule has 99 heavy (non-hydrogen) atoms. The Morgan fingerprint density at radius 2 is 1.00 bits per heavy atom. The van der Waals surface area contributed by atoms with Gasteiger partial charge < -0.3 is 83.2 Å². The van der Waals surface area contributed by atoms with Crippen LogP contribution in [0.5, 0.6) is 0 Å². The van der Waals surface area contributed by atoms with Crippen LogP contribution in [0.15, 0.2) is 97.5 Å². The number of aromatic nitrogens is 2. The summed E-state index contributed by atoms with van der Waals surface area (Å²) in [6.07, 6.45) is 3.20. The number of hydrogen-bond donors (Lipinski definition) is 14. The number of Topliss-reactive ketones (excluding diaryl/α,β-unsaturated/α-hetero) is 2. The van der Waals surface area contributed by atoms with Crippen LogP contribution in [0.25, 0.3) is 21.8 Å². The van der Waals surface area contributed by atoms with Crippen molar-refractivity contribution in [3.63, 3.8) is 0 Å². The van der Waals surface area contributed by atoms with Gasteiger partial charge in [-0.3, -0.25) is 62.3 Å². The molecule has 530 valence electrons. The third-order valence-electron chi connectivity index (χ3n) is 17.8. The summed E-state index contributed by atoms with van der Waals surface area (Å²) in [6.45, 7) is 11.6. The molecule has 5 heterocycles. The van der Waals surface area contributed by atoms with Crippen molar-refractivity contribution in [1.29, 1.82) is 5.41 Å². The fraction of sp³-hybridized carbons (Fsp3) is 0.457. The van der Waals surface area contributed by atoms with Gasteiger partial charge in [-0.05, 0) is 98.5 Å². The minimum Gasteiger partial charge on any atom is -0.513 e. The van der Waals surface area contributed by atoms with Crippen LogP contribution in [0, 0.1) is 35.0 Å². The number of aliphatic carboxylic acids is 1. The van der Waals surface area contributed by atoms with Crippen LogP contribution in [0.1, 0.15) is 100 Å². The zero-order valence-corrected chi connectivity index (χ0v) is 56.6. The second kappa shape index (κ2) is 35.1. The Morgan fingerprint density at radius 3 is 1.42 bits per heavy atom. The number of aromatic amines is 2. The molecule has 29 heteroatoms. The Labute approximate surface area is 572 Å². The summed E-state index contributed by atoms with van der Waals surface area (Å²) >= 11 is 0. The quantitative estimate of drug-likeness (QED) is 0.0464. The van der Waals surface area contributed by atoms with Gasteiger partial charge in [-0.2, -0.15) is 0 Å². The number of ketones is 2. The molecule has 3 aromatic carbocycles. The number of carboxylic acid groups (broad SMARTS) is 1. The van der Waals surface area contributed by atoms with Crippen LogP contribution in [-0.4, -0.2) is 202 Å². The van der Waals surface area contributed by atoms with Crippen LogP contribution >= 0.6 is 0 Å². The second-order valence-corrected chi connectivity index (χ2v) is 26.0. The molecule has 3 fully saturated rings. The van der Waals surface area contributed by atoms with Crippen molar-refractivity contribution in [2.24, 2.45) is 29.6 Å². The number of benzene rings is 3. The summed E-state index contributed by atoms with van der Waals surface area (Å²) in [5.74, 6) is -12.4. The van der Waals surface area contributed by atoms with Gasteiger partial charge in [0.15, 0.2) is 11.6 Å². The number of fused-ring (bicyclic) bond motifs is 2. The number of amides is 10. The standard InChI is InChI=1S/C36H43N7O8.C34H47N7O7/c1-19(2)32-35(50)42-28(17-39-33(48)22-11-9-21(10-12-22)20(3)37)34(49)40-18-30(45)41-27(15-31(46)47)29(44)14-23(36(51)43(32)4)13-24-16-38-26-8-6-5-7-25(24)26;1-19(2)30-33(47)40-27(17-37-31(45)21-9-11-35-12-10-21)32(46)38-18-29(44)39-26(13-20(3)42)28(43)15-22(34(48)41(30)4)14-23-16-36-25-8-6-5-7-24(23)25/h5-12,16,19,23,27-28,32,37-38H,13-15,17-18H2,1-4H3,(H,39,48)(H,40,49)(H,41,45)(H,42,50)(H,46,47);5-8,16,19,21-22,26-27,30,35-36,42H,3,9-15,17-18H2,1-2,4H3,(H,37,45)(H,38,46)(H,39,44)(H,40,47)/t23-,27-,28?,32-;22-,26-,27?,30-/m00/s1. The summed E-state index contributed by atoms with van der Waals surface area (Å²) in [5, 5.41) is 52.6. The number of hydrogen-bond acceptors (Lipinski definition) is 16. The molecule has 3 aliphatic heterocycles. The summed E-state index contributed by atoms with van der Waals surface area (Å²) < 4.78 is 0. The molecule has 3 saturated heterocycles. The minimum absolute atomic E-state index is 0.0637. The SMILES string of the molecule is C=C(O)C[C@@H]1NC(=O)CNC(=O)C(CNC(=O)C2CCNCC2)NC(=O)[C@H](C(C)C)N(C)C(=O)[C@@H](Cc2c[nH]c3ccccc23)CC1=O.CC(=N)c1ccc(C(=O)NCC2NC(=O)[C@H](C(C)C)N(C)C(=O)[C@@H](Cc3c[nH]c4ccccc34)CC(=O)[C@H](CC(=O)O)NC(=O)CNC2=O)cc1. The zero-order chi connectivity index (χ0) is 72.4. The first kappa shape index (κ1) is 75.8. The highest BCUT2D eigenvalue weighted by Crippen LogP contribution is 2.28. The number of para-hydroxylation sites is 2. The lowest BCUT2D eigenvalue weighted by atomic mass is 9.89. The maximum absolute atomic E-state index is 14.3. The maximum atomic E-state index is 14.3. The van der Waals surface area contributed by atoms with Crippen LogP contribution < -0.4 is 47.9 Å². The summed E-state index contributed by atoms with van der Waals surface area (Å²) in [4.78, 5) is 183. The molecule has 0 saturated carbocycles. The molecule has 2 unspecified atom stereocenters. The first-order chi connectivity index (χ1) is 47.0. The number of nitrogens with zero attached hydrogens (tertiary/aromatic N) is 2. The number of nitrogens with one attached hydrogen (secondary N) is 12. The van der Waals surface area contributed by atoms with Crippen molar-refractivity contribution in [1.82, 2.24) is 67.6 Å². The topological polar surface area (TPSA) is 433 Å². The van der Waals surface area contributed by atoms with E-state index in [1.807, 2.05) is 48.5 Å². The molecule has 0 aliphatic carbocycles. The van der Waals surface area contributed by atoms with E-state index in [9.17, 15) is 72.5 Å². The predicted octanol–water partition coefficient (Wildman–Crippen LogP) is 1.61. The Hall–Kier alpha value is -10.6. The molecule has 3 aliphatic rings. The summed E-state index contributed by atoms with van der Waals surface area (Å²) in [7, 11) is 2.91. The van der Waals surface area contributed by atoms with E-state index in [2.05, 4.69) is 64.4 Å². The van der Waals surface area contributed by atoms with Gasteiger partial charge in [0.05, 0.1) is 37.4 Å². The third kappa shape index (κ3) is 20.7. The fourth-order valence-electron chi connectivity index (χ4n) is 12.6. The van der Waals surface area contributed by atoms with Gasteiger partial charge in [-0.15, -0.1) is 0 Å². The lowest BCUT2D eigenvalue weighted by Crippen LogP contribution is -2.59. The van der Waals surface area contributed by atoms with Gasteiger partial charge in [0.2, 0.25) is 53.2 Å². The third-order valence-corrected chi connectivity index (χ3v) is 17.8. The lowest BCUT2D eigenvalue weighted by Gasteiger charge is -2.34. The van der Waals surface area contributed by atoms with Gasteiger partial charge in [0.25, 0.3) is 5.91 Å². The average molecular weight is 1370 g/mol. The lowest BCUT2D eigenvalue weighted by molar-refractivity contribution is -0.145. The molecule has 14 N–H and O–H groups in total. The van der Waals surface area contributed by atoms with Gasteiger partial charge in [-0.1, -0.05) is 82.8 Å². The first-order valence-electron chi connectivity index (χ1n) is 33.0. The predicted molar refractivity (Wildman–Crippen MR) is 365 cm³/mol. The van der Waals surface area contributed by atoms with Gasteiger partial charge in [-0.25, -0.2) is 0 Å². The molecule has 0 spiro atoms. The van der Waals surface area contributed by atoms with E-state index in [1.54, 1.807) is 59.1 Å². The largest absolute Gasteiger partial charge is 0.513 e. The van der Waals surface area contributed by atoms with Gasteiger partial charge in [0.1, 0.15) is 24.2 Å². The maximum Gasteiger partial charge on any atom is 0.305 e.